The first-order chi connectivity index (χ1) is 21.1. The van der Waals surface area contributed by atoms with Crippen LogP contribution in [-0.4, -0.2) is 56.5 Å². The molecule has 2 amide bonds. The monoisotopic (exact) mass is 650 g/mol. The molecule has 0 spiro atoms. The number of halogens is 4. The van der Waals surface area contributed by atoms with Gasteiger partial charge in [0.25, 0.3) is 5.91 Å². The second-order valence-corrected chi connectivity index (χ2v) is 10.0. The van der Waals surface area contributed by atoms with E-state index in [1.165, 1.54) is 49.2 Å². The van der Waals surface area contributed by atoms with E-state index in [0.717, 1.165) is 23.0 Å². The van der Waals surface area contributed by atoms with Crippen molar-refractivity contribution in [1.29, 1.82) is 10.5 Å². The molecule has 2 heterocycles. The first kappa shape index (κ1) is 36.1. The van der Waals surface area contributed by atoms with E-state index in [1.807, 2.05) is 6.07 Å². The van der Waals surface area contributed by atoms with Crippen LogP contribution in [0.25, 0.3) is 0 Å². The number of nitriles is 2. The van der Waals surface area contributed by atoms with Gasteiger partial charge >= 0.3 is 11.9 Å². The van der Waals surface area contributed by atoms with E-state index >= 15 is 0 Å². The van der Waals surface area contributed by atoms with Crippen molar-refractivity contribution in [3.8, 4) is 12.1 Å². The van der Waals surface area contributed by atoms with E-state index in [2.05, 4.69) is 4.74 Å². The van der Waals surface area contributed by atoms with Crippen LogP contribution in [0.2, 0.25) is 10.0 Å². The van der Waals surface area contributed by atoms with Crippen LogP contribution in [0.3, 0.4) is 0 Å². The molecule has 0 saturated carbocycles. The van der Waals surface area contributed by atoms with Gasteiger partial charge < -0.3 is 14.4 Å². The van der Waals surface area contributed by atoms with E-state index in [1.54, 1.807) is 13.0 Å². The minimum atomic E-state index is -1.08. The molecule has 0 aromatic heterocycles. The fourth-order valence-electron chi connectivity index (χ4n) is 3.99. The van der Waals surface area contributed by atoms with Crippen molar-refractivity contribution in [2.24, 2.45) is 5.92 Å². The maximum Gasteiger partial charge on any atom is 0.397 e. The number of nitrogens with zero attached hydrogens (tertiary/aromatic N) is 4. The van der Waals surface area contributed by atoms with Gasteiger partial charge in [-0.15, -0.1) is 0 Å². The van der Waals surface area contributed by atoms with Crippen molar-refractivity contribution in [2.75, 3.05) is 42.7 Å². The van der Waals surface area contributed by atoms with Crippen molar-refractivity contribution < 1.29 is 37.4 Å². The molecule has 0 radical (unpaired) electrons. The molecule has 44 heavy (non-hydrogen) atoms. The quantitative estimate of drug-likeness (QED) is 0.230. The number of ether oxygens (including phenoxy) is 2. The molecule has 0 N–H and O–H groups in total. The number of rotatable bonds is 6. The average Bonchev–Trinajstić information content (AvgIpc) is 3.61. The van der Waals surface area contributed by atoms with Gasteiger partial charge in [-0.25, -0.2) is 13.6 Å². The van der Waals surface area contributed by atoms with Crippen LogP contribution in [0.4, 0.5) is 20.2 Å². The number of carbonyl (C=O) groups is 4. The van der Waals surface area contributed by atoms with Gasteiger partial charge in [0.2, 0.25) is 5.78 Å². The lowest BCUT2D eigenvalue weighted by Crippen LogP contribution is -2.46. The fraction of sp³-hybridized carbons (Fsp3) is 0.400. The lowest BCUT2D eigenvalue weighted by molar-refractivity contribution is -0.153. The van der Waals surface area contributed by atoms with Crippen molar-refractivity contribution in [3.63, 3.8) is 0 Å². The van der Waals surface area contributed by atoms with Crippen molar-refractivity contribution in [3.05, 3.63) is 58.1 Å². The van der Waals surface area contributed by atoms with Crippen molar-refractivity contribution >= 4 is 58.1 Å². The lowest BCUT2D eigenvalue weighted by Gasteiger charge is -2.28. The molecule has 0 bridgehead atoms. The second-order valence-electron chi connectivity index (χ2n) is 9.20. The molecule has 1 atom stereocenters. The zero-order chi connectivity index (χ0) is 32.6. The molecular weight excluding hydrogens is 621 g/mol. The van der Waals surface area contributed by atoms with E-state index in [-0.39, 0.29) is 54.0 Å². The van der Waals surface area contributed by atoms with E-state index in [9.17, 15) is 28.0 Å². The molecule has 2 saturated heterocycles. The smallest absolute Gasteiger partial charge is 0.397 e. The van der Waals surface area contributed by atoms with Gasteiger partial charge in [0.05, 0.1) is 40.2 Å². The maximum absolute atomic E-state index is 14.0. The number of Topliss-reactive ketones (excluding diaryl/α,β-unsaturated/α-hetero) is 1. The second kappa shape index (κ2) is 18.5. The molecule has 2 aliphatic heterocycles. The highest BCUT2D eigenvalue weighted by atomic mass is 35.5. The fourth-order valence-corrected chi connectivity index (χ4v) is 4.33. The van der Waals surface area contributed by atoms with E-state index < -0.39 is 41.1 Å². The van der Waals surface area contributed by atoms with Gasteiger partial charge in [0.15, 0.2) is 11.6 Å². The highest BCUT2D eigenvalue weighted by molar-refractivity contribution is 6.43. The first-order valence-electron chi connectivity index (χ1n) is 13.7. The van der Waals surface area contributed by atoms with Crippen LogP contribution in [0.1, 0.15) is 39.0 Å². The van der Waals surface area contributed by atoms with Gasteiger partial charge in [-0.1, -0.05) is 35.3 Å². The third kappa shape index (κ3) is 9.98. The number of unbranched alkanes of at least 4 members (excludes halogenated alkanes) is 1. The molecule has 234 valence electrons. The molecule has 1 unspecified atom stereocenters. The number of esters is 1. The maximum atomic E-state index is 14.0. The zero-order valence-electron chi connectivity index (χ0n) is 23.9. The molecule has 2 fully saturated rings. The Hall–Kier alpha value is -4.10. The lowest BCUT2D eigenvalue weighted by atomic mass is 9.96. The van der Waals surface area contributed by atoms with Gasteiger partial charge in [0.1, 0.15) is 5.92 Å². The Balaban J connectivity index is 0.000000266. The summed E-state index contributed by atoms with van der Waals surface area (Å²) in [5.41, 5.74) is -0.143. The van der Waals surface area contributed by atoms with Crippen LogP contribution in [0, 0.1) is 40.2 Å². The number of ketones is 1. The third-order valence-corrected chi connectivity index (χ3v) is 6.79. The number of hydrogen-bond donors (Lipinski definition) is 0. The molecule has 0 aliphatic carbocycles. The first-order valence-corrected chi connectivity index (χ1v) is 14.4. The number of benzene rings is 2. The molecule has 14 heteroatoms. The van der Waals surface area contributed by atoms with E-state index in [0.29, 0.717) is 6.42 Å². The summed E-state index contributed by atoms with van der Waals surface area (Å²) in [6.45, 7) is 3.74. The molecule has 10 nitrogen and oxygen atoms in total. The van der Waals surface area contributed by atoms with Crippen LogP contribution in [0.5, 0.6) is 0 Å². The van der Waals surface area contributed by atoms with Gasteiger partial charge in [-0.2, -0.15) is 10.5 Å². The summed E-state index contributed by atoms with van der Waals surface area (Å²) in [6, 6.07) is 12.1. The SMILES string of the molecule is C1CCOC1.CCOC(=O)C(=O)N(CCCC#N)c1cccc(Cl)c1F.N#CC1CCN(c2cccc(Cl)c2F)C(=O)C1=O. The molecule has 2 aliphatic rings. The molecule has 2 aromatic rings. The number of carbonyl (C=O) groups excluding carboxylic acids is 4. The zero-order valence-corrected chi connectivity index (χ0v) is 25.4. The number of hydrogen-bond acceptors (Lipinski definition) is 8. The predicted molar refractivity (Wildman–Crippen MR) is 158 cm³/mol. The van der Waals surface area contributed by atoms with Crippen LogP contribution >= 0.6 is 23.2 Å². The summed E-state index contributed by atoms with van der Waals surface area (Å²) in [5, 5.41) is 17.0. The Morgan fingerprint density at radius 2 is 1.70 bits per heavy atom. The van der Waals surface area contributed by atoms with Gasteiger partial charge in [-0.05, 0) is 56.9 Å². The van der Waals surface area contributed by atoms with Crippen molar-refractivity contribution in [2.45, 2.75) is 39.0 Å². The minimum Gasteiger partial charge on any atom is -0.459 e. The summed E-state index contributed by atoms with van der Waals surface area (Å²) in [7, 11) is 0. The summed E-state index contributed by atoms with van der Waals surface area (Å²) >= 11 is 11.3. The van der Waals surface area contributed by atoms with Crippen LogP contribution in [-0.2, 0) is 28.7 Å². The third-order valence-electron chi connectivity index (χ3n) is 6.21. The topological polar surface area (TPSA) is 141 Å². The summed E-state index contributed by atoms with van der Waals surface area (Å²) < 4.78 is 37.4. The molecule has 4 rings (SSSR count). The standard InChI is InChI=1S/C14H14ClFN2O3.C12H8ClFN2O2.C4H8O/c1-2-21-14(20)13(19)18(9-4-3-8-17)11-7-5-6-10(15)12(11)16;13-8-2-1-3-9(10(8)14)16-5-4-7(6-15)11(17)12(16)18;1-2-4-5-3-1/h5-7H,2-4,9H2,1H3;1-3,7H,4-5H2;1-4H2. The highest BCUT2D eigenvalue weighted by Crippen LogP contribution is 2.29. The van der Waals surface area contributed by atoms with Crippen molar-refractivity contribution in [1.82, 2.24) is 0 Å². The van der Waals surface area contributed by atoms with Crippen LogP contribution in [0.15, 0.2) is 36.4 Å². The van der Waals surface area contributed by atoms with Crippen LogP contribution < -0.4 is 9.80 Å². The average molecular weight is 651 g/mol. The Morgan fingerprint density at radius 3 is 2.27 bits per heavy atom. The predicted octanol–water partition coefficient (Wildman–Crippen LogP) is 5.40. The minimum absolute atomic E-state index is 0.0163. The summed E-state index contributed by atoms with van der Waals surface area (Å²) in [6.07, 6.45) is 3.23. The van der Waals surface area contributed by atoms with E-state index in [4.69, 9.17) is 38.5 Å². The Morgan fingerprint density at radius 1 is 1.07 bits per heavy atom. The Kier molecular flexibility index (Phi) is 15.2. The molecule has 2 aromatic carbocycles. The Bertz CT molecular complexity index is 1420. The molecular formula is C30H30Cl2F2N4O6. The highest BCUT2D eigenvalue weighted by Gasteiger charge is 2.36. The normalized spacial score (nSPS) is 15.5. The Labute approximate surface area is 263 Å². The van der Waals surface area contributed by atoms with Gasteiger partial charge in [-0.3, -0.25) is 19.3 Å². The number of amides is 2. The number of anilines is 2. The van der Waals surface area contributed by atoms with Gasteiger partial charge in [0, 0.05) is 32.7 Å². The number of piperidine rings is 1. The summed E-state index contributed by atoms with van der Waals surface area (Å²) in [5.74, 6) is -6.21. The largest absolute Gasteiger partial charge is 0.459 e. The summed E-state index contributed by atoms with van der Waals surface area (Å²) in [4.78, 5) is 48.9.